The third kappa shape index (κ3) is 4.03. The standard InChI is InChI=1S/C18H17ClN2O3/c19-15-10-17-18(24-8-1-7-23-17)11-16(15)21-6-9-22-14-4-2-13(12-20)3-5-14/h2-5,10-11,21H,1,6-9H2. The zero-order valence-corrected chi connectivity index (χ0v) is 13.8. The van der Waals surface area contributed by atoms with Crippen molar-refractivity contribution in [3.8, 4) is 23.3 Å². The summed E-state index contributed by atoms with van der Waals surface area (Å²) >= 11 is 6.27. The largest absolute Gasteiger partial charge is 0.492 e. The molecule has 5 nitrogen and oxygen atoms in total. The minimum atomic E-state index is 0.469. The molecule has 2 aromatic rings. The number of fused-ring (bicyclic) bond motifs is 1. The van der Waals surface area contributed by atoms with Gasteiger partial charge in [0.1, 0.15) is 12.4 Å². The van der Waals surface area contributed by atoms with Gasteiger partial charge in [-0.05, 0) is 24.3 Å². The average Bonchev–Trinajstić information content (AvgIpc) is 2.84. The molecule has 1 heterocycles. The Balaban J connectivity index is 1.54. The molecule has 0 unspecified atom stereocenters. The van der Waals surface area contributed by atoms with Crippen molar-refractivity contribution in [1.82, 2.24) is 0 Å². The van der Waals surface area contributed by atoms with Crippen LogP contribution in [0, 0.1) is 11.3 Å². The minimum Gasteiger partial charge on any atom is -0.492 e. The molecule has 0 saturated carbocycles. The monoisotopic (exact) mass is 344 g/mol. The van der Waals surface area contributed by atoms with Crippen molar-refractivity contribution in [3.05, 3.63) is 47.0 Å². The van der Waals surface area contributed by atoms with Crippen LogP contribution in [0.4, 0.5) is 5.69 Å². The van der Waals surface area contributed by atoms with Crippen LogP contribution in [0.1, 0.15) is 12.0 Å². The number of nitriles is 1. The van der Waals surface area contributed by atoms with E-state index in [0.717, 1.165) is 17.9 Å². The van der Waals surface area contributed by atoms with Crippen LogP contribution in [0.2, 0.25) is 5.02 Å². The summed E-state index contributed by atoms with van der Waals surface area (Å²) < 4.78 is 16.9. The van der Waals surface area contributed by atoms with E-state index in [1.54, 1.807) is 30.3 Å². The molecule has 1 aliphatic heterocycles. The second-order valence-electron chi connectivity index (χ2n) is 5.24. The van der Waals surface area contributed by atoms with Crippen molar-refractivity contribution in [3.63, 3.8) is 0 Å². The zero-order chi connectivity index (χ0) is 16.8. The molecule has 0 bridgehead atoms. The maximum absolute atomic E-state index is 8.76. The fourth-order valence-corrected chi connectivity index (χ4v) is 2.52. The highest BCUT2D eigenvalue weighted by Gasteiger charge is 2.13. The van der Waals surface area contributed by atoms with E-state index < -0.39 is 0 Å². The number of rotatable bonds is 5. The molecule has 0 saturated heterocycles. The van der Waals surface area contributed by atoms with Crippen LogP contribution in [0.3, 0.4) is 0 Å². The maximum atomic E-state index is 8.76. The summed E-state index contributed by atoms with van der Waals surface area (Å²) in [6.07, 6.45) is 0.855. The highest BCUT2D eigenvalue weighted by atomic mass is 35.5. The topological polar surface area (TPSA) is 63.5 Å². The lowest BCUT2D eigenvalue weighted by atomic mass is 10.2. The molecule has 3 rings (SSSR count). The fraction of sp³-hybridized carbons (Fsp3) is 0.278. The predicted octanol–water partition coefficient (Wildman–Crippen LogP) is 3.86. The Labute approximate surface area is 145 Å². The molecular formula is C18H17ClN2O3. The van der Waals surface area contributed by atoms with E-state index in [0.29, 0.717) is 48.5 Å². The highest BCUT2D eigenvalue weighted by Crippen LogP contribution is 2.37. The molecular weight excluding hydrogens is 328 g/mol. The van der Waals surface area contributed by atoms with Crippen molar-refractivity contribution in [2.75, 3.05) is 31.7 Å². The van der Waals surface area contributed by atoms with Gasteiger partial charge in [0.15, 0.2) is 11.5 Å². The number of anilines is 1. The second-order valence-corrected chi connectivity index (χ2v) is 5.65. The molecule has 0 aromatic heterocycles. The van der Waals surface area contributed by atoms with E-state index in [2.05, 4.69) is 11.4 Å². The summed E-state index contributed by atoms with van der Waals surface area (Å²) in [6.45, 7) is 2.32. The van der Waals surface area contributed by atoms with Crippen molar-refractivity contribution in [2.24, 2.45) is 0 Å². The number of hydrogen-bond donors (Lipinski definition) is 1. The van der Waals surface area contributed by atoms with E-state index in [4.69, 9.17) is 31.1 Å². The fourth-order valence-electron chi connectivity index (χ4n) is 2.30. The number of nitrogens with one attached hydrogen (secondary N) is 1. The summed E-state index contributed by atoms with van der Waals surface area (Å²) in [7, 11) is 0. The van der Waals surface area contributed by atoms with Crippen molar-refractivity contribution in [2.45, 2.75) is 6.42 Å². The van der Waals surface area contributed by atoms with Gasteiger partial charge in [0.25, 0.3) is 0 Å². The summed E-state index contributed by atoms with van der Waals surface area (Å²) in [4.78, 5) is 0. The Morgan fingerprint density at radius 2 is 1.83 bits per heavy atom. The van der Waals surface area contributed by atoms with Gasteiger partial charge in [0.2, 0.25) is 0 Å². The van der Waals surface area contributed by atoms with Gasteiger partial charge in [0.05, 0.1) is 35.6 Å². The molecule has 24 heavy (non-hydrogen) atoms. The van der Waals surface area contributed by atoms with Crippen LogP contribution in [-0.4, -0.2) is 26.4 Å². The predicted molar refractivity (Wildman–Crippen MR) is 92.2 cm³/mol. The van der Waals surface area contributed by atoms with Crippen LogP contribution in [0.15, 0.2) is 36.4 Å². The SMILES string of the molecule is N#Cc1ccc(OCCNc2cc3c(cc2Cl)OCCCO3)cc1. The third-order valence-electron chi connectivity index (χ3n) is 3.51. The van der Waals surface area contributed by atoms with Gasteiger partial charge in [-0.15, -0.1) is 0 Å². The van der Waals surface area contributed by atoms with Crippen LogP contribution >= 0.6 is 11.6 Å². The first kappa shape index (κ1) is 16.3. The molecule has 0 radical (unpaired) electrons. The van der Waals surface area contributed by atoms with Crippen molar-refractivity contribution in [1.29, 1.82) is 5.26 Å². The number of benzene rings is 2. The first-order valence-corrected chi connectivity index (χ1v) is 8.10. The van der Waals surface area contributed by atoms with Gasteiger partial charge in [-0.2, -0.15) is 5.26 Å². The first-order chi connectivity index (χ1) is 11.8. The lowest BCUT2D eigenvalue weighted by Gasteiger charge is -2.13. The third-order valence-corrected chi connectivity index (χ3v) is 3.82. The molecule has 1 aliphatic rings. The normalized spacial score (nSPS) is 12.8. The van der Waals surface area contributed by atoms with Crippen molar-refractivity contribution < 1.29 is 14.2 Å². The Kier molecular flexibility index (Phi) is 5.29. The van der Waals surface area contributed by atoms with Gasteiger partial charge < -0.3 is 19.5 Å². The Morgan fingerprint density at radius 3 is 2.54 bits per heavy atom. The lowest BCUT2D eigenvalue weighted by molar-refractivity contribution is 0.297. The average molecular weight is 345 g/mol. The Morgan fingerprint density at radius 1 is 1.12 bits per heavy atom. The zero-order valence-electron chi connectivity index (χ0n) is 13.0. The summed E-state index contributed by atoms with van der Waals surface area (Å²) in [5.41, 5.74) is 1.39. The van der Waals surface area contributed by atoms with E-state index in [-0.39, 0.29) is 0 Å². The van der Waals surface area contributed by atoms with Gasteiger partial charge in [-0.25, -0.2) is 0 Å². The highest BCUT2D eigenvalue weighted by molar-refractivity contribution is 6.33. The van der Waals surface area contributed by atoms with E-state index in [1.807, 2.05) is 6.07 Å². The molecule has 0 fully saturated rings. The number of ether oxygens (including phenoxy) is 3. The molecule has 6 heteroatoms. The molecule has 0 spiro atoms. The quantitative estimate of drug-likeness (QED) is 0.834. The van der Waals surface area contributed by atoms with E-state index in [9.17, 15) is 0 Å². The van der Waals surface area contributed by atoms with Gasteiger partial charge in [-0.3, -0.25) is 0 Å². The Hall–Kier alpha value is -2.58. The number of nitrogens with zero attached hydrogens (tertiary/aromatic N) is 1. The van der Waals surface area contributed by atoms with Crippen LogP contribution in [-0.2, 0) is 0 Å². The van der Waals surface area contributed by atoms with E-state index in [1.165, 1.54) is 0 Å². The number of halogens is 1. The molecule has 2 aromatic carbocycles. The minimum absolute atomic E-state index is 0.469. The van der Waals surface area contributed by atoms with Gasteiger partial charge >= 0.3 is 0 Å². The Bertz CT molecular complexity index is 741. The molecule has 0 atom stereocenters. The van der Waals surface area contributed by atoms with Crippen LogP contribution in [0.5, 0.6) is 17.2 Å². The molecule has 0 amide bonds. The van der Waals surface area contributed by atoms with Gasteiger partial charge in [0, 0.05) is 25.1 Å². The van der Waals surface area contributed by atoms with Crippen LogP contribution < -0.4 is 19.5 Å². The van der Waals surface area contributed by atoms with Gasteiger partial charge in [-0.1, -0.05) is 11.6 Å². The summed E-state index contributed by atoms with van der Waals surface area (Å²) in [5.74, 6) is 2.10. The van der Waals surface area contributed by atoms with E-state index >= 15 is 0 Å². The molecule has 1 N–H and O–H groups in total. The maximum Gasteiger partial charge on any atom is 0.163 e. The summed E-state index contributed by atoms with van der Waals surface area (Å²) in [5, 5.41) is 12.6. The smallest absolute Gasteiger partial charge is 0.163 e. The molecule has 0 aliphatic carbocycles. The first-order valence-electron chi connectivity index (χ1n) is 7.72. The van der Waals surface area contributed by atoms with Crippen LogP contribution in [0.25, 0.3) is 0 Å². The number of hydrogen-bond acceptors (Lipinski definition) is 5. The van der Waals surface area contributed by atoms with Crippen molar-refractivity contribution >= 4 is 17.3 Å². The molecule has 124 valence electrons. The second kappa shape index (κ2) is 7.80. The summed E-state index contributed by atoms with van der Waals surface area (Å²) in [6, 6.07) is 12.7. The lowest BCUT2D eigenvalue weighted by Crippen LogP contribution is -2.12.